The summed E-state index contributed by atoms with van der Waals surface area (Å²) in [5.41, 5.74) is 1.64. The molecule has 0 radical (unpaired) electrons. The fraction of sp³-hybridized carbons (Fsp3) is 0.444. The summed E-state index contributed by atoms with van der Waals surface area (Å²) in [7, 11) is 0. The van der Waals surface area contributed by atoms with Crippen LogP contribution < -0.4 is 5.32 Å². The number of pyridine rings is 1. The maximum absolute atomic E-state index is 12.5. The van der Waals surface area contributed by atoms with Gasteiger partial charge < -0.3 is 10.2 Å². The van der Waals surface area contributed by atoms with E-state index in [0.29, 0.717) is 18.0 Å². The minimum atomic E-state index is 0.0462. The van der Waals surface area contributed by atoms with Crippen molar-refractivity contribution in [2.45, 2.75) is 38.1 Å². The van der Waals surface area contributed by atoms with Crippen molar-refractivity contribution in [3.05, 3.63) is 47.7 Å². The van der Waals surface area contributed by atoms with Gasteiger partial charge in [0.15, 0.2) is 0 Å². The van der Waals surface area contributed by atoms with E-state index < -0.39 is 0 Å². The number of carbonyl (C=O) groups is 1. The summed E-state index contributed by atoms with van der Waals surface area (Å²) in [4.78, 5) is 27.6. The summed E-state index contributed by atoms with van der Waals surface area (Å²) in [6.07, 6.45) is 6.62. The summed E-state index contributed by atoms with van der Waals surface area (Å²) < 4.78 is 0. The van der Waals surface area contributed by atoms with Crippen molar-refractivity contribution in [3.63, 3.8) is 0 Å². The van der Waals surface area contributed by atoms with Crippen molar-refractivity contribution in [1.29, 1.82) is 0 Å². The van der Waals surface area contributed by atoms with Gasteiger partial charge in [-0.1, -0.05) is 0 Å². The molecule has 2 aromatic heterocycles. The van der Waals surface area contributed by atoms with Gasteiger partial charge in [-0.3, -0.25) is 9.78 Å². The molecule has 1 saturated heterocycles. The van der Waals surface area contributed by atoms with Crippen LogP contribution in [0, 0.1) is 6.92 Å². The number of rotatable bonds is 4. The Morgan fingerprint density at radius 2 is 2.17 bits per heavy atom. The maximum atomic E-state index is 12.5. The molecule has 0 spiro atoms. The minimum Gasteiger partial charge on any atom is -0.365 e. The molecule has 1 aliphatic carbocycles. The lowest BCUT2D eigenvalue weighted by Gasteiger charge is -2.17. The number of nitrogens with one attached hydrogen (secondary N) is 1. The summed E-state index contributed by atoms with van der Waals surface area (Å²) in [6.45, 7) is 3.45. The van der Waals surface area contributed by atoms with E-state index in [1.165, 1.54) is 12.8 Å². The molecule has 6 nitrogen and oxygen atoms in total. The number of aromatic nitrogens is 3. The highest BCUT2D eigenvalue weighted by atomic mass is 16.2. The summed E-state index contributed by atoms with van der Waals surface area (Å²) in [5.74, 6) is 2.42. The monoisotopic (exact) mass is 323 g/mol. The highest BCUT2D eigenvalue weighted by molar-refractivity contribution is 5.94. The first-order chi connectivity index (χ1) is 11.7. The Hall–Kier alpha value is -2.50. The second-order valence-electron chi connectivity index (χ2n) is 6.65. The fourth-order valence-electron chi connectivity index (χ4n) is 3.13. The van der Waals surface area contributed by atoms with Crippen LogP contribution in [0.4, 0.5) is 5.82 Å². The van der Waals surface area contributed by atoms with E-state index in [1.807, 2.05) is 24.0 Å². The van der Waals surface area contributed by atoms with E-state index in [0.717, 1.165) is 30.3 Å². The number of hydrogen-bond acceptors (Lipinski definition) is 5. The molecule has 2 aromatic rings. The van der Waals surface area contributed by atoms with Gasteiger partial charge in [0.2, 0.25) is 0 Å². The molecule has 4 rings (SSSR count). The Morgan fingerprint density at radius 3 is 2.92 bits per heavy atom. The van der Waals surface area contributed by atoms with Gasteiger partial charge in [0, 0.05) is 49.2 Å². The number of aryl methyl sites for hydroxylation is 1. The first-order valence-electron chi connectivity index (χ1n) is 8.50. The van der Waals surface area contributed by atoms with Crippen LogP contribution in [-0.4, -0.2) is 44.9 Å². The zero-order valence-electron chi connectivity index (χ0n) is 13.8. The Labute approximate surface area is 141 Å². The fourth-order valence-corrected chi connectivity index (χ4v) is 3.13. The molecule has 0 bridgehead atoms. The van der Waals surface area contributed by atoms with Gasteiger partial charge in [-0.25, -0.2) is 9.97 Å². The van der Waals surface area contributed by atoms with Crippen LogP contribution in [0.3, 0.4) is 0 Å². The maximum Gasteiger partial charge on any atom is 0.255 e. The first kappa shape index (κ1) is 15.1. The van der Waals surface area contributed by atoms with Gasteiger partial charge in [-0.2, -0.15) is 0 Å². The number of amides is 1. The molecule has 1 N–H and O–H groups in total. The van der Waals surface area contributed by atoms with Crippen molar-refractivity contribution in [2.75, 3.05) is 18.4 Å². The molecule has 1 saturated carbocycles. The predicted molar refractivity (Wildman–Crippen MR) is 90.9 cm³/mol. The van der Waals surface area contributed by atoms with Crippen LogP contribution in [0.5, 0.6) is 0 Å². The van der Waals surface area contributed by atoms with Crippen LogP contribution in [0.15, 0.2) is 30.6 Å². The van der Waals surface area contributed by atoms with Gasteiger partial charge in [-0.05, 0) is 38.3 Å². The van der Waals surface area contributed by atoms with E-state index in [9.17, 15) is 4.79 Å². The Bertz CT molecular complexity index is 744. The zero-order chi connectivity index (χ0) is 16.5. The summed E-state index contributed by atoms with van der Waals surface area (Å²) in [6, 6.07) is 5.82. The number of likely N-dealkylation sites (tertiary alicyclic amines) is 1. The second kappa shape index (κ2) is 6.19. The second-order valence-corrected chi connectivity index (χ2v) is 6.65. The minimum absolute atomic E-state index is 0.0462. The van der Waals surface area contributed by atoms with Crippen molar-refractivity contribution in [1.82, 2.24) is 19.9 Å². The van der Waals surface area contributed by atoms with Crippen LogP contribution in [0.2, 0.25) is 0 Å². The van der Waals surface area contributed by atoms with Crippen molar-refractivity contribution in [2.24, 2.45) is 0 Å². The molecule has 3 heterocycles. The van der Waals surface area contributed by atoms with Crippen molar-refractivity contribution < 1.29 is 4.79 Å². The average molecular weight is 323 g/mol. The molecule has 2 aliphatic rings. The molecule has 1 amide bonds. The van der Waals surface area contributed by atoms with Crippen molar-refractivity contribution >= 4 is 11.7 Å². The SMILES string of the molecule is Cc1cc(NC2CCN(C(=O)c3cccnc3)C2)nc(C2CC2)n1. The number of carbonyl (C=O) groups excluding carboxylic acids is 1. The van der Waals surface area contributed by atoms with E-state index >= 15 is 0 Å². The molecule has 1 atom stereocenters. The standard InChI is InChI=1S/C18H21N5O/c1-12-9-16(22-17(20-12)13-4-5-13)21-15-6-8-23(11-15)18(24)14-3-2-7-19-10-14/h2-3,7,9-10,13,15H,4-6,8,11H2,1H3,(H,20,21,22). The Kier molecular flexibility index (Phi) is 3.88. The van der Waals surface area contributed by atoms with Gasteiger partial charge in [0.05, 0.1) is 5.56 Å². The molecular formula is C18H21N5O. The third-order valence-electron chi connectivity index (χ3n) is 4.55. The zero-order valence-corrected chi connectivity index (χ0v) is 13.8. The lowest BCUT2D eigenvalue weighted by atomic mass is 10.2. The van der Waals surface area contributed by atoms with Crippen LogP contribution in [0.25, 0.3) is 0 Å². The lowest BCUT2D eigenvalue weighted by molar-refractivity contribution is 0.0791. The number of hydrogen-bond donors (Lipinski definition) is 1. The van der Waals surface area contributed by atoms with Crippen LogP contribution in [-0.2, 0) is 0 Å². The Morgan fingerprint density at radius 1 is 1.29 bits per heavy atom. The number of nitrogens with zero attached hydrogens (tertiary/aromatic N) is 4. The van der Waals surface area contributed by atoms with Gasteiger partial charge >= 0.3 is 0 Å². The topological polar surface area (TPSA) is 71.0 Å². The molecule has 2 fully saturated rings. The third-order valence-corrected chi connectivity index (χ3v) is 4.55. The van der Waals surface area contributed by atoms with Crippen LogP contribution in [0.1, 0.15) is 47.1 Å². The Balaban J connectivity index is 1.41. The van der Waals surface area contributed by atoms with Crippen molar-refractivity contribution in [3.8, 4) is 0 Å². The quantitative estimate of drug-likeness (QED) is 0.935. The third kappa shape index (κ3) is 3.22. The average Bonchev–Trinajstić information content (AvgIpc) is 3.35. The molecule has 0 aromatic carbocycles. The van der Waals surface area contributed by atoms with E-state index in [4.69, 9.17) is 0 Å². The van der Waals surface area contributed by atoms with E-state index in [-0.39, 0.29) is 11.9 Å². The van der Waals surface area contributed by atoms with E-state index in [1.54, 1.807) is 18.5 Å². The van der Waals surface area contributed by atoms with E-state index in [2.05, 4.69) is 20.3 Å². The van der Waals surface area contributed by atoms with Crippen LogP contribution >= 0.6 is 0 Å². The highest BCUT2D eigenvalue weighted by Crippen LogP contribution is 2.38. The van der Waals surface area contributed by atoms with Gasteiger partial charge in [0.1, 0.15) is 11.6 Å². The molecule has 124 valence electrons. The largest absolute Gasteiger partial charge is 0.365 e. The number of anilines is 1. The summed E-state index contributed by atoms with van der Waals surface area (Å²) in [5, 5.41) is 3.48. The normalized spacial score (nSPS) is 20.2. The summed E-state index contributed by atoms with van der Waals surface area (Å²) >= 11 is 0. The first-order valence-corrected chi connectivity index (χ1v) is 8.50. The molecule has 1 aliphatic heterocycles. The van der Waals surface area contributed by atoms with Gasteiger partial charge in [0.25, 0.3) is 5.91 Å². The molecule has 24 heavy (non-hydrogen) atoms. The smallest absolute Gasteiger partial charge is 0.255 e. The molecule has 1 unspecified atom stereocenters. The highest BCUT2D eigenvalue weighted by Gasteiger charge is 2.29. The molecule has 6 heteroatoms. The predicted octanol–water partition coefficient (Wildman–Crippen LogP) is 2.38. The van der Waals surface area contributed by atoms with Gasteiger partial charge in [-0.15, -0.1) is 0 Å². The molecular weight excluding hydrogens is 302 g/mol. The lowest BCUT2D eigenvalue weighted by Crippen LogP contribution is -2.31.